The number of hydrogen-bond donors (Lipinski definition) is 0. The molecule has 0 radical (unpaired) electrons. The first-order chi connectivity index (χ1) is 13.9. The Morgan fingerprint density at radius 2 is 1.86 bits per heavy atom. The van der Waals surface area contributed by atoms with E-state index in [9.17, 15) is 4.79 Å². The van der Waals surface area contributed by atoms with Crippen molar-refractivity contribution in [1.82, 2.24) is 4.90 Å². The van der Waals surface area contributed by atoms with Gasteiger partial charge in [-0.3, -0.25) is 4.79 Å². The van der Waals surface area contributed by atoms with Gasteiger partial charge in [0.25, 0.3) is 5.91 Å². The van der Waals surface area contributed by atoms with E-state index in [0.29, 0.717) is 6.61 Å². The van der Waals surface area contributed by atoms with Crippen molar-refractivity contribution < 1.29 is 19.0 Å². The van der Waals surface area contributed by atoms with Crippen molar-refractivity contribution in [3.05, 3.63) is 59.7 Å². The average Bonchev–Trinajstić information content (AvgIpc) is 2.71. The van der Waals surface area contributed by atoms with E-state index in [2.05, 4.69) is 19.9 Å². The number of hydrogen-bond acceptors (Lipinski definition) is 4. The molecule has 0 aliphatic carbocycles. The number of nitrogens with zero attached hydrogens (tertiary/aromatic N) is 1. The minimum Gasteiger partial charge on any atom is -0.493 e. The molecule has 0 N–H and O–H groups in total. The van der Waals surface area contributed by atoms with E-state index in [0.717, 1.165) is 42.1 Å². The molecule has 2 aromatic rings. The Morgan fingerprint density at radius 1 is 1.10 bits per heavy atom. The number of carbonyl (C=O) groups excluding carboxylic acids is 1. The zero-order chi connectivity index (χ0) is 20.2. The molecule has 0 bridgehead atoms. The third-order valence-electron chi connectivity index (χ3n) is 6.74. The van der Waals surface area contributed by atoms with Crippen LogP contribution in [0.3, 0.4) is 0 Å². The van der Waals surface area contributed by atoms with Crippen LogP contribution in [0.5, 0.6) is 11.5 Å². The van der Waals surface area contributed by atoms with Crippen molar-refractivity contribution >= 4 is 5.91 Å². The quantitative estimate of drug-likeness (QED) is 0.771. The molecule has 3 aliphatic heterocycles. The number of benzene rings is 2. The van der Waals surface area contributed by atoms with Gasteiger partial charge in [0.15, 0.2) is 11.5 Å². The van der Waals surface area contributed by atoms with Crippen molar-refractivity contribution in [2.24, 2.45) is 11.3 Å². The first-order valence-corrected chi connectivity index (χ1v) is 10.2. The van der Waals surface area contributed by atoms with Gasteiger partial charge in [-0.2, -0.15) is 0 Å². The number of rotatable bonds is 2. The van der Waals surface area contributed by atoms with Crippen LogP contribution < -0.4 is 9.47 Å². The molecule has 2 saturated heterocycles. The van der Waals surface area contributed by atoms with Crippen molar-refractivity contribution in [2.45, 2.75) is 32.0 Å². The predicted octanol–water partition coefficient (Wildman–Crippen LogP) is 4.09. The number of methoxy groups -OCH3 is 1. The fourth-order valence-electron chi connectivity index (χ4n) is 5.19. The summed E-state index contributed by atoms with van der Waals surface area (Å²) < 4.78 is 18.4. The Balaban J connectivity index is 1.36. The molecule has 0 aromatic heterocycles. The minimum absolute atomic E-state index is 0.00616. The van der Waals surface area contributed by atoms with Gasteiger partial charge in [0.1, 0.15) is 5.60 Å². The van der Waals surface area contributed by atoms with E-state index in [1.807, 2.05) is 47.4 Å². The molecule has 2 atom stereocenters. The summed E-state index contributed by atoms with van der Waals surface area (Å²) in [4.78, 5) is 14.7. The van der Waals surface area contributed by atoms with E-state index < -0.39 is 0 Å². The predicted molar refractivity (Wildman–Crippen MR) is 109 cm³/mol. The number of para-hydroxylation sites is 1. The first-order valence-electron chi connectivity index (χ1n) is 10.2. The summed E-state index contributed by atoms with van der Waals surface area (Å²) in [6.45, 7) is 6.41. The monoisotopic (exact) mass is 393 g/mol. The number of likely N-dealkylation sites (tertiary alicyclic amines) is 1. The van der Waals surface area contributed by atoms with Gasteiger partial charge in [-0.1, -0.05) is 30.3 Å². The van der Waals surface area contributed by atoms with Gasteiger partial charge >= 0.3 is 0 Å². The van der Waals surface area contributed by atoms with Gasteiger partial charge in [-0.25, -0.2) is 0 Å². The largest absolute Gasteiger partial charge is 0.493 e. The van der Waals surface area contributed by atoms with Gasteiger partial charge < -0.3 is 19.1 Å². The van der Waals surface area contributed by atoms with Crippen LogP contribution in [-0.4, -0.2) is 43.2 Å². The third kappa shape index (κ3) is 2.91. The lowest BCUT2D eigenvalue weighted by Crippen LogP contribution is -2.65. The van der Waals surface area contributed by atoms with Crippen LogP contribution in [0.1, 0.15) is 42.3 Å². The summed E-state index contributed by atoms with van der Waals surface area (Å²) in [5.74, 6) is 1.88. The molecule has 0 unspecified atom stereocenters. The molecule has 3 heterocycles. The molecule has 0 saturated carbocycles. The Morgan fingerprint density at radius 3 is 2.59 bits per heavy atom. The summed E-state index contributed by atoms with van der Waals surface area (Å²) >= 11 is 0. The van der Waals surface area contributed by atoms with Crippen LogP contribution >= 0.6 is 0 Å². The molecule has 29 heavy (non-hydrogen) atoms. The van der Waals surface area contributed by atoms with E-state index >= 15 is 0 Å². The molecule has 5 nitrogen and oxygen atoms in total. The number of amides is 1. The van der Waals surface area contributed by atoms with E-state index in [4.69, 9.17) is 14.2 Å². The summed E-state index contributed by atoms with van der Waals surface area (Å²) in [5, 5.41) is 0. The smallest absolute Gasteiger partial charge is 0.253 e. The second-order valence-corrected chi connectivity index (χ2v) is 9.15. The maximum absolute atomic E-state index is 12.7. The molecule has 5 rings (SSSR count). The zero-order valence-electron chi connectivity index (χ0n) is 17.2. The summed E-state index contributed by atoms with van der Waals surface area (Å²) in [5.41, 5.74) is 1.46. The Bertz CT molecular complexity index is 933. The molecular formula is C24H27NO4. The highest BCUT2D eigenvalue weighted by Gasteiger charge is 2.57. The number of ether oxygens (including phenoxy) is 3. The second kappa shape index (κ2) is 6.49. The number of fused-ring (bicyclic) bond motifs is 3. The second-order valence-electron chi connectivity index (χ2n) is 9.15. The van der Waals surface area contributed by atoms with Crippen LogP contribution in [0.2, 0.25) is 0 Å². The standard InChI is InChI=1S/C24H27NO4/c1-23(2)18-12-24(13-25(14-24)22(26)16-8-5-4-6-9-16)15-28-20(18)17-10-7-11-19(27-3)21(17)29-23/h4-11,18,20H,12-15H2,1-3H3/t18-,20+/m0/s1. The summed E-state index contributed by atoms with van der Waals surface area (Å²) in [7, 11) is 1.67. The highest BCUT2D eigenvalue weighted by atomic mass is 16.5. The minimum atomic E-state index is -0.371. The number of carbonyl (C=O) groups is 1. The topological polar surface area (TPSA) is 48.0 Å². The van der Waals surface area contributed by atoms with Crippen molar-refractivity contribution in [1.29, 1.82) is 0 Å². The zero-order valence-corrected chi connectivity index (χ0v) is 17.2. The average molecular weight is 393 g/mol. The Kier molecular flexibility index (Phi) is 4.14. The van der Waals surface area contributed by atoms with Gasteiger partial charge in [0.2, 0.25) is 0 Å². The van der Waals surface area contributed by atoms with Crippen LogP contribution in [0.4, 0.5) is 0 Å². The lowest BCUT2D eigenvalue weighted by atomic mass is 9.64. The summed E-state index contributed by atoms with van der Waals surface area (Å²) in [6, 6.07) is 15.5. The van der Waals surface area contributed by atoms with Gasteiger partial charge in [-0.05, 0) is 38.5 Å². The van der Waals surface area contributed by atoms with Crippen LogP contribution in [0.25, 0.3) is 0 Å². The van der Waals surface area contributed by atoms with Gasteiger partial charge in [0.05, 0.1) is 19.8 Å². The van der Waals surface area contributed by atoms with Crippen LogP contribution in [-0.2, 0) is 4.74 Å². The molecule has 2 fully saturated rings. The van der Waals surface area contributed by atoms with E-state index in [-0.39, 0.29) is 28.9 Å². The van der Waals surface area contributed by atoms with Crippen molar-refractivity contribution in [2.75, 3.05) is 26.8 Å². The van der Waals surface area contributed by atoms with Crippen molar-refractivity contribution in [3.8, 4) is 11.5 Å². The molecule has 2 aromatic carbocycles. The van der Waals surface area contributed by atoms with Gasteiger partial charge in [0, 0.05) is 35.5 Å². The lowest BCUT2D eigenvalue weighted by Gasteiger charge is -2.58. The maximum Gasteiger partial charge on any atom is 0.253 e. The van der Waals surface area contributed by atoms with Crippen LogP contribution in [0, 0.1) is 11.3 Å². The fraction of sp³-hybridized carbons (Fsp3) is 0.458. The molecule has 1 amide bonds. The normalized spacial score (nSPS) is 26.0. The van der Waals surface area contributed by atoms with Crippen molar-refractivity contribution in [3.63, 3.8) is 0 Å². The summed E-state index contributed by atoms with van der Waals surface area (Å²) in [6.07, 6.45) is 0.980. The Hall–Kier alpha value is -2.53. The van der Waals surface area contributed by atoms with E-state index in [1.165, 1.54) is 0 Å². The van der Waals surface area contributed by atoms with E-state index in [1.54, 1.807) is 7.11 Å². The lowest BCUT2D eigenvalue weighted by molar-refractivity contribution is -0.192. The molecular weight excluding hydrogens is 366 g/mol. The molecule has 152 valence electrons. The van der Waals surface area contributed by atoms with Crippen LogP contribution in [0.15, 0.2) is 48.5 Å². The fourth-order valence-corrected chi connectivity index (χ4v) is 5.19. The molecule has 3 aliphatic rings. The highest BCUT2D eigenvalue weighted by Crippen LogP contribution is 2.56. The first kappa shape index (κ1) is 18.5. The molecule has 5 heteroatoms. The maximum atomic E-state index is 12.7. The SMILES string of the molecule is COc1cccc2c1OC(C)(C)[C@H]1CC3(CO[C@H]21)CN(C(=O)c1ccccc1)C3. The third-order valence-corrected chi connectivity index (χ3v) is 6.74. The van der Waals surface area contributed by atoms with Gasteiger partial charge in [-0.15, -0.1) is 0 Å². The highest BCUT2D eigenvalue weighted by molar-refractivity contribution is 5.94. The Labute approximate surface area is 171 Å². The molecule has 1 spiro atoms.